The highest BCUT2D eigenvalue weighted by Crippen LogP contribution is 2.32. The summed E-state index contributed by atoms with van der Waals surface area (Å²) in [6.07, 6.45) is 6.05. The third-order valence-corrected chi connectivity index (χ3v) is 4.33. The number of nitrogens with zero attached hydrogens (tertiary/aromatic N) is 2. The number of hydrogen-bond acceptors (Lipinski definition) is 4. The Bertz CT molecular complexity index is 390. The molecule has 0 unspecified atom stereocenters. The summed E-state index contributed by atoms with van der Waals surface area (Å²) in [6.45, 7) is 12.1. The third kappa shape index (κ3) is 5.11. The highest BCUT2D eigenvalue weighted by molar-refractivity contribution is 7.15. The second-order valence-electron chi connectivity index (χ2n) is 6.60. The van der Waals surface area contributed by atoms with E-state index in [1.54, 1.807) is 0 Å². The van der Waals surface area contributed by atoms with E-state index in [0.717, 1.165) is 19.0 Å². The van der Waals surface area contributed by atoms with Gasteiger partial charge in [-0.15, -0.1) is 11.3 Å². The van der Waals surface area contributed by atoms with Crippen molar-refractivity contribution in [2.45, 2.75) is 59.0 Å². The number of hydrogen-bond donors (Lipinski definition) is 1. The lowest BCUT2D eigenvalue weighted by molar-refractivity contribution is 0.426. The van der Waals surface area contributed by atoms with Gasteiger partial charge in [0.15, 0.2) is 5.13 Å². The zero-order chi connectivity index (χ0) is 13.9. The number of nitrogens with one attached hydrogen (secondary N) is 1. The Labute approximate surface area is 121 Å². The van der Waals surface area contributed by atoms with E-state index in [2.05, 4.69) is 42.9 Å². The summed E-state index contributed by atoms with van der Waals surface area (Å²) in [5.41, 5.74) is 0.168. The summed E-state index contributed by atoms with van der Waals surface area (Å²) < 4.78 is 0. The fourth-order valence-electron chi connectivity index (χ4n) is 2.02. The van der Waals surface area contributed by atoms with E-state index in [1.807, 2.05) is 17.5 Å². The van der Waals surface area contributed by atoms with E-state index in [9.17, 15) is 0 Å². The van der Waals surface area contributed by atoms with Crippen molar-refractivity contribution in [3.05, 3.63) is 11.1 Å². The maximum absolute atomic E-state index is 4.62. The number of thiazole rings is 1. The first kappa shape index (κ1) is 14.8. The van der Waals surface area contributed by atoms with Gasteiger partial charge in [0.05, 0.1) is 0 Å². The molecular weight excluding hydrogens is 254 g/mol. The molecule has 0 saturated heterocycles. The molecule has 1 aliphatic rings. The second kappa shape index (κ2) is 6.23. The van der Waals surface area contributed by atoms with Crippen LogP contribution in [-0.4, -0.2) is 23.6 Å². The van der Waals surface area contributed by atoms with Crippen LogP contribution in [0.2, 0.25) is 0 Å². The second-order valence-corrected chi connectivity index (χ2v) is 7.70. The smallest absolute Gasteiger partial charge is 0.185 e. The Morgan fingerprint density at radius 2 is 2.16 bits per heavy atom. The van der Waals surface area contributed by atoms with Crippen LogP contribution in [0.5, 0.6) is 0 Å². The van der Waals surface area contributed by atoms with E-state index in [0.29, 0.717) is 0 Å². The molecular formula is C15H27N3S. The minimum atomic E-state index is 0.168. The molecule has 0 aromatic carbocycles. The van der Waals surface area contributed by atoms with Crippen molar-refractivity contribution in [1.29, 1.82) is 0 Å². The topological polar surface area (TPSA) is 28.2 Å². The molecule has 1 aromatic rings. The molecule has 0 aliphatic heterocycles. The lowest BCUT2D eigenvalue weighted by Crippen LogP contribution is -2.34. The molecule has 1 aliphatic carbocycles. The van der Waals surface area contributed by atoms with Crippen molar-refractivity contribution in [3.63, 3.8) is 0 Å². The molecule has 4 heteroatoms. The number of rotatable bonds is 7. The fraction of sp³-hybridized carbons (Fsp3) is 0.800. The van der Waals surface area contributed by atoms with E-state index < -0.39 is 0 Å². The Morgan fingerprint density at radius 1 is 1.42 bits per heavy atom. The average Bonchev–Trinajstić information content (AvgIpc) is 3.01. The van der Waals surface area contributed by atoms with Crippen molar-refractivity contribution >= 4 is 16.5 Å². The van der Waals surface area contributed by atoms with Gasteiger partial charge in [-0.05, 0) is 46.0 Å². The van der Waals surface area contributed by atoms with Crippen LogP contribution in [0.15, 0.2) is 6.20 Å². The summed E-state index contributed by atoms with van der Waals surface area (Å²) in [6, 6.07) is 0. The molecule has 1 aromatic heterocycles. The fourth-order valence-corrected chi connectivity index (χ4v) is 2.91. The summed E-state index contributed by atoms with van der Waals surface area (Å²) >= 11 is 1.84. The minimum Gasteiger partial charge on any atom is -0.348 e. The van der Waals surface area contributed by atoms with Gasteiger partial charge in [-0.1, -0.05) is 6.92 Å². The zero-order valence-electron chi connectivity index (χ0n) is 12.7. The van der Waals surface area contributed by atoms with Crippen LogP contribution in [0.3, 0.4) is 0 Å². The Hall–Kier alpha value is -0.610. The average molecular weight is 281 g/mol. The van der Waals surface area contributed by atoms with E-state index in [4.69, 9.17) is 0 Å². The van der Waals surface area contributed by atoms with Crippen LogP contribution in [0.4, 0.5) is 5.13 Å². The predicted octanol–water partition coefficient (Wildman–Crippen LogP) is 3.66. The minimum absolute atomic E-state index is 0.168. The van der Waals surface area contributed by atoms with Gasteiger partial charge in [-0.25, -0.2) is 4.98 Å². The van der Waals surface area contributed by atoms with Gasteiger partial charge in [0.25, 0.3) is 0 Å². The molecule has 1 fully saturated rings. The molecule has 0 spiro atoms. The third-order valence-electron chi connectivity index (χ3n) is 3.27. The summed E-state index contributed by atoms with van der Waals surface area (Å²) in [5, 5.41) is 4.74. The normalized spacial score (nSPS) is 15.8. The molecule has 3 nitrogen and oxygen atoms in total. The lowest BCUT2D eigenvalue weighted by atomic mass is 10.1. The predicted molar refractivity (Wildman–Crippen MR) is 83.9 cm³/mol. The summed E-state index contributed by atoms with van der Waals surface area (Å²) in [5.74, 6) is 0.923. The van der Waals surface area contributed by atoms with Crippen molar-refractivity contribution < 1.29 is 0 Å². The highest BCUT2D eigenvalue weighted by Gasteiger charge is 2.25. The first-order valence-electron chi connectivity index (χ1n) is 7.42. The number of anilines is 1. The van der Waals surface area contributed by atoms with Gasteiger partial charge >= 0.3 is 0 Å². The maximum atomic E-state index is 4.62. The molecule has 1 heterocycles. The maximum Gasteiger partial charge on any atom is 0.185 e. The van der Waals surface area contributed by atoms with Gasteiger partial charge in [-0.3, -0.25) is 0 Å². The van der Waals surface area contributed by atoms with Crippen LogP contribution in [0.25, 0.3) is 0 Å². The van der Waals surface area contributed by atoms with Gasteiger partial charge in [-0.2, -0.15) is 0 Å². The number of aromatic nitrogens is 1. The van der Waals surface area contributed by atoms with Gasteiger partial charge < -0.3 is 10.2 Å². The molecule has 1 N–H and O–H groups in total. The monoisotopic (exact) mass is 281 g/mol. The largest absolute Gasteiger partial charge is 0.348 e. The van der Waals surface area contributed by atoms with E-state index >= 15 is 0 Å². The van der Waals surface area contributed by atoms with Gasteiger partial charge in [0, 0.05) is 36.2 Å². The highest BCUT2D eigenvalue weighted by atomic mass is 32.1. The molecule has 0 radical (unpaired) electrons. The molecule has 0 bridgehead atoms. The Kier molecular flexibility index (Phi) is 4.85. The van der Waals surface area contributed by atoms with Crippen molar-refractivity contribution in [2.75, 3.05) is 18.0 Å². The van der Waals surface area contributed by atoms with E-state index in [-0.39, 0.29) is 5.54 Å². The quantitative estimate of drug-likeness (QED) is 0.827. The van der Waals surface area contributed by atoms with Crippen LogP contribution < -0.4 is 10.2 Å². The van der Waals surface area contributed by atoms with Crippen molar-refractivity contribution in [1.82, 2.24) is 10.3 Å². The molecule has 0 amide bonds. The van der Waals surface area contributed by atoms with Gasteiger partial charge in [0.2, 0.25) is 0 Å². The van der Waals surface area contributed by atoms with Crippen LogP contribution in [-0.2, 0) is 6.54 Å². The first-order valence-corrected chi connectivity index (χ1v) is 8.24. The lowest BCUT2D eigenvalue weighted by Gasteiger charge is -2.21. The molecule has 108 valence electrons. The zero-order valence-corrected chi connectivity index (χ0v) is 13.5. The Morgan fingerprint density at radius 3 is 2.74 bits per heavy atom. The van der Waals surface area contributed by atoms with Gasteiger partial charge in [0.1, 0.15) is 0 Å². The van der Waals surface area contributed by atoms with E-state index in [1.165, 1.54) is 35.8 Å². The SMILES string of the molecule is CCCN(CC1CC1)c1ncc(CNC(C)(C)C)s1. The molecule has 19 heavy (non-hydrogen) atoms. The van der Waals surface area contributed by atoms with Crippen molar-refractivity contribution in [2.24, 2.45) is 5.92 Å². The van der Waals surface area contributed by atoms with Crippen LogP contribution >= 0.6 is 11.3 Å². The molecule has 0 atom stereocenters. The first-order chi connectivity index (χ1) is 8.98. The standard InChI is InChI=1S/C15H27N3S/c1-5-8-18(11-12-6-7-12)14-16-9-13(19-14)10-17-15(2,3)4/h9,12,17H,5-8,10-11H2,1-4H3. The summed E-state index contributed by atoms with van der Waals surface area (Å²) in [7, 11) is 0. The van der Waals surface area contributed by atoms with Crippen LogP contribution in [0.1, 0.15) is 51.8 Å². The molecule has 2 rings (SSSR count). The van der Waals surface area contributed by atoms with Crippen LogP contribution in [0, 0.1) is 5.92 Å². The molecule has 1 saturated carbocycles. The van der Waals surface area contributed by atoms with Crippen molar-refractivity contribution in [3.8, 4) is 0 Å². The summed E-state index contributed by atoms with van der Waals surface area (Å²) in [4.78, 5) is 8.43. The Balaban J connectivity index is 1.92.